The summed E-state index contributed by atoms with van der Waals surface area (Å²) in [5.41, 5.74) is 5.49. The Bertz CT molecular complexity index is 479. The number of hydrogen-bond donors (Lipinski definition) is 2. The van der Waals surface area contributed by atoms with Crippen LogP contribution in [0, 0.1) is 5.92 Å². The van der Waals surface area contributed by atoms with Gasteiger partial charge in [-0.2, -0.15) is 0 Å². The van der Waals surface area contributed by atoms with Gasteiger partial charge in [0.15, 0.2) is 0 Å². The summed E-state index contributed by atoms with van der Waals surface area (Å²) in [6.07, 6.45) is 3.10. The van der Waals surface area contributed by atoms with Crippen molar-refractivity contribution >= 4 is 23.3 Å². The molecule has 0 radical (unpaired) electrons. The van der Waals surface area contributed by atoms with Gasteiger partial charge < -0.3 is 15.7 Å². The minimum Gasteiger partial charge on any atom is -0.393 e. The molecule has 0 saturated carbocycles. The second kappa shape index (κ2) is 5.75. The molecule has 1 aliphatic heterocycles. The zero-order valence-corrected chi connectivity index (χ0v) is 11.6. The van der Waals surface area contributed by atoms with Crippen LogP contribution in [-0.2, 0) is 0 Å². The highest BCUT2D eigenvalue weighted by Gasteiger charge is 2.25. The summed E-state index contributed by atoms with van der Waals surface area (Å²) in [5.74, 6) is 0.334. The van der Waals surface area contributed by atoms with Gasteiger partial charge in [-0.3, -0.25) is 4.79 Å². The van der Waals surface area contributed by atoms with Crippen LogP contribution in [0.25, 0.3) is 0 Å². The van der Waals surface area contributed by atoms with Crippen molar-refractivity contribution in [3.63, 3.8) is 0 Å². The van der Waals surface area contributed by atoms with Gasteiger partial charge in [0.25, 0.3) is 0 Å². The molecule has 0 aliphatic carbocycles. The smallest absolute Gasteiger partial charge is 0.250 e. The van der Waals surface area contributed by atoms with Gasteiger partial charge in [-0.15, -0.1) is 0 Å². The van der Waals surface area contributed by atoms with E-state index in [1.54, 1.807) is 6.92 Å². The summed E-state index contributed by atoms with van der Waals surface area (Å²) in [5, 5.41) is 10.1. The van der Waals surface area contributed by atoms with E-state index in [0.29, 0.717) is 16.4 Å². The lowest BCUT2D eigenvalue weighted by Crippen LogP contribution is -2.40. The van der Waals surface area contributed by atoms with E-state index in [-0.39, 0.29) is 12.0 Å². The van der Waals surface area contributed by atoms with Crippen LogP contribution in [0.15, 0.2) is 12.3 Å². The lowest BCUT2D eigenvalue weighted by atomic mass is 9.93. The average Bonchev–Trinajstić information content (AvgIpc) is 2.38. The molecule has 6 heteroatoms. The number of aliphatic hydroxyl groups is 1. The Labute approximate surface area is 117 Å². The van der Waals surface area contributed by atoms with Crippen LogP contribution in [0.1, 0.15) is 30.1 Å². The summed E-state index contributed by atoms with van der Waals surface area (Å²) in [6, 6.07) is 1.54. The molecule has 1 aromatic heterocycles. The third-order valence-corrected chi connectivity index (χ3v) is 3.82. The number of nitrogens with two attached hydrogens (primary N) is 1. The lowest BCUT2D eigenvalue weighted by molar-refractivity contribution is 0.1000. The number of aliphatic hydroxyl groups excluding tert-OH is 1. The van der Waals surface area contributed by atoms with E-state index in [4.69, 9.17) is 17.3 Å². The number of anilines is 1. The summed E-state index contributed by atoms with van der Waals surface area (Å²) in [4.78, 5) is 17.3. The zero-order valence-electron chi connectivity index (χ0n) is 10.8. The first-order chi connectivity index (χ1) is 8.99. The molecule has 2 rings (SSSR count). The first-order valence-corrected chi connectivity index (χ1v) is 6.75. The Morgan fingerprint density at radius 2 is 2.42 bits per heavy atom. The highest BCUT2D eigenvalue weighted by molar-refractivity contribution is 6.33. The molecule has 1 aromatic rings. The Morgan fingerprint density at radius 3 is 3.00 bits per heavy atom. The minimum absolute atomic E-state index is 0.224. The van der Waals surface area contributed by atoms with Gasteiger partial charge in [-0.05, 0) is 25.8 Å². The van der Waals surface area contributed by atoms with Crippen LogP contribution in [-0.4, -0.2) is 35.2 Å². The van der Waals surface area contributed by atoms with Gasteiger partial charge in [0.05, 0.1) is 16.7 Å². The predicted molar refractivity (Wildman–Crippen MR) is 74.4 cm³/mol. The first kappa shape index (κ1) is 14.1. The molecular formula is C13H18ClN3O2. The third kappa shape index (κ3) is 3.16. The van der Waals surface area contributed by atoms with E-state index in [9.17, 15) is 9.90 Å². The summed E-state index contributed by atoms with van der Waals surface area (Å²) >= 11 is 6.16. The molecule has 0 bridgehead atoms. The third-order valence-electron chi connectivity index (χ3n) is 3.55. The second-order valence-electron chi connectivity index (χ2n) is 4.98. The molecule has 1 amide bonds. The van der Waals surface area contributed by atoms with Crippen molar-refractivity contribution in [2.45, 2.75) is 25.9 Å². The molecule has 2 unspecified atom stereocenters. The number of amides is 1. The topological polar surface area (TPSA) is 79.4 Å². The number of piperidine rings is 1. The zero-order chi connectivity index (χ0) is 14.0. The number of pyridine rings is 1. The molecule has 1 saturated heterocycles. The summed E-state index contributed by atoms with van der Waals surface area (Å²) < 4.78 is 0. The molecule has 0 aromatic carbocycles. The normalized spacial score (nSPS) is 21.2. The van der Waals surface area contributed by atoms with Crippen molar-refractivity contribution in [3.8, 4) is 0 Å². The highest BCUT2D eigenvalue weighted by atomic mass is 35.5. The van der Waals surface area contributed by atoms with Gasteiger partial charge in [-0.25, -0.2) is 4.98 Å². The van der Waals surface area contributed by atoms with Crippen molar-refractivity contribution < 1.29 is 9.90 Å². The van der Waals surface area contributed by atoms with Crippen molar-refractivity contribution in [3.05, 3.63) is 22.8 Å². The molecule has 19 heavy (non-hydrogen) atoms. The number of hydrogen-bond acceptors (Lipinski definition) is 4. The van der Waals surface area contributed by atoms with Crippen molar-refractivity contribution in [1.29, 1.82) is 0 Å². The number of rotatable bonds is 3. The van der Waals surface area contributed by atoms with Crippen molar-refractivity contribution in [2.75, 3.05) is 18.0 Å². The number of halogens is 1. The first-order valence-electron chi connectivity index (χ1n) is 6.37. The maximum absolute atomic E-state index is 11.1. The largest absolute Gasteiger partial charge is 0.393 e. The monoisotopic (exact) mass is 283 g/mol. The van der Waals surface area contributed by atoms with Gasteiger partial charge in [-0.1, -0.05) is 11.6 Å². The van der Waals surface area contributed by atoms with Crippen LogP contribution in [0.5, 0.6) is 0 Å². The number of carbonyl (C=O) groups excluding carboxylic acids is 1. The van der Waals surface area contributed by atoms with E-state index < -0.39 is 5.91 Å². The van der Waals surface area contributed by atoms with Crippen LogP contribution < -0.4 is 10.6 Å². The summed E-state index contributed by atoms with van der Waals surface area (Å²) in [7, 11) is 0. The number of aromatic nitrogens is 1. The maximum Gasteiger partial charge on any atom is 0.250 e. The standard InChI is InChI=1S/C13H18ClN3O2/c1-8(18)9-3-2-4-17(7-9)13-11(14)5-10(6-16-13)12(15)19/h5-6,8-9,18H,2-4,7H2,1H3,(H2,15,19). The molecule has 2 heterocycles. The van der Waals surface area contributed by atoms with E-state index in [1.807, 2.05) is 4.90 Å². The fraction of sp³-hybridized carbons (Fsp3) is 0.538. The fourth-order valence-electron chi connectivity index (χ4n) is 2.39. The maximum atomic E-state index is 11.1. The van der Waals surface area contributed by atoms with Crippen LogP contribution >= 0.6 is 11.6 Å². The minimum atomic E-state index is -0.540. The quantitative estimate of drug-likeness (QED) is 0.879. The average molecular weight is 284 g/mol. The van der Waals surface area contributed by atoms with E-state index in [1.165, 1.54) is 12.3 Å². The Hall–Kier alpha value is -1.33. The van der Waals surface area contributed by atoms with Crippen molar-refractivity contribution in [1.82, 2.24) is 4.98 Å². The molecule has 104 valence electrons. The molecule has 2 atom stereocenters. The van der Waals surface area contributed by atoms with Crippen LogP contribution in [0.3, 0.4) is 0 Å². The van der Waals surface area contributed by atoms with Gasteiger partial charge >= 0.3 is 0 Å². The fourth-order valence-corrected chi connectivity index (χ4v) is 2.68. The van der Waals surface area contributed by atoms with E-state index in [2.05, 4.69) is 4.98 Å². The molecule has 1 fully saturated rings. The molecular weight excluding hydrogens is 266 g/mol. The summed E-state index contributed by atoms with van der Waals surface area (Å²) in [6.45, 7) is 3.38. The number of primary amides is 1. The van der Waals surface area contributed by atoms with Gasteiger partial charge in [0, 0.05) is 25.2 Å². The molecule has 3 N–H and O–H groups in total. The SMILES string of the molecule is CC(O)C1CCCN(c2ncc(C(N)=O)cc2Cl)C1. The molecule has 5 nitrogen and oxygen atoms in total. The molecule has 1 aliphatic rings. The molecule has 0 spiro atoms. The van der Waals surface area contributed by atoms with Gasteiger partial charge in [0.2, 0.25) is 5.91 Å². The Kier molecular flexibility index (Phi) is 4.27. The predicted octanol–water partition coefficient (Wildman–Crippen LogP) is 1.43. The number of nitrogens with zero attached hydrogens (tertiary/aromatic N) is 2. The van der Waals surface area contributed by atoms with Gasteiger partial charge in [0.1, 0.15) is 5.82 Å². The second-order valence-corrected chi connectivity index (χ2v) is 5.39. The Balaban J connectivity index is 2.19. The van der Waals surface area contributed by atoms with E-state index >= 15 is 0 Å². The van der Waals surface area contributed by atoms with Crippen molar-refractivity contribution in [2.24, 2.45) is 11.7 Å². The van der Waals surface area contributed by atoms with E-state index in [0.717, 1.165) is 25.9 Å². The number of carbonyl (C=O) groups is 1. The van der Waals surface area contributed by atoms with Crippen LogP contribution in [0.2, 0.25) is 5.02 Å². The highest BCUT2D eigenvalue weighted by Crippen LogP contribution is 2.29. The Morgan fingerprint density at radius 1 is 1.68 bits per heavy atom. The van der Waals surface area contributed by atoms with Crippen LogP contribution in [0.4, 0.5) is 5.82 Å². The lowest BCUT2D eigenvalue weighted by Gasteiger charge is -2.35.